The van der Waals surface area contributed by atoms with E-state index in [0.717, 1.165) is 0 Å². The second-order valence-corrected chi connectivity index (χ2v) is 1.98. The Morgan fingerprint density at radius 3 is 2.00 bits per heavy atom. The summed E-state index contributed by atoms with van der Waals surface area (Å²) in [7, 11) is 0. The van der Waals surface area contributed by atoms with Gasteiger partial charge in [0, 0.05) is 35.1 Å². The summed E-state index contributed by atoms with van der Waals surface area (Å²) in [6, 6.07) is 8.74. The maximum atomic E-state index is 10.4. The van der Waals surface area contributed by atoms with Crippen LogP contribution in [0.5, 0.6) is 0 Å². The van der Waals surface area contributed by atoms with Crippen molar-refractivity contribution in [1.29, 1.82) is 0 Å². The van der Waals surface area contributed by atoms with E-state index in [0.29, 0.717) is 5.56 Å². The van der Waals surface area contributed by atoms with Gasteiger partial charge < -0.3 is 0 Å². The van der Waals surface area contributed by atoms with E-state index in [1.54, 1.807) is 24.3 Å². The average Bonchev–Trinajstić information content (AvgIpc) is 1.90. The average molecular weight is 164 g/mol. The molecule has 0 amide bonds. The van der Waals surface area contributed by atoms with Gasteiger partial charge in [-0.2, -0.15) is 0 Å². The normalized spacial score (nSPS) is 8.10. The summed E-state index contributed by atoms with van der Waals surface area (Å²) in [6.07, 6.45) is 0. The van der Waals surface area contributed by atoms with Crippen LogP contribution in [0.1, 0.15) is 10.4 Å². The molecule has 1 nitrogen and oxygen atoms in total. The molecule has 1 aromatic rings. The van der Waals surface area contributed by atoms with Gasteiger partial charge in [0.15, 0.2) is 0 Å². The van der Waals surface area contributed by atoms with Crippen LogP contribution in [-0.4, -0.2) is 34.8 Å². The smallest absolute Gasteiger partial charge is 0.252 e. The maximum Gasteiger partial charge on any atom is 0.252 e. The van der Waals surface area contributed by atoms with Crippen LogP contribution < -0.4 is 0 Å². The third kappa shape index (κ3) is 2.84. The molecule has 1 aromatic carbocycles. The van der Waals surface area contributed by atoms with Crippen molar-refractivity contribution in [3.05, 3.63) is 35.9 Å². The number of benzene rings is 1. The fourth-order valence-electron chi connectivity index (χ4n) is 0.569. The standard InChI is InChI=1S/C7H5ClO.Na/c8-7(9)6-4-2-1-3-5-6;/h1-5H;. The summed E-state index contributed by atoms with van der Waals surface area (Å²) in [5.74, 6) is 0. The van der Waals surface area contributed by atoms with E-state index in [4.69, 9.17) is 11.6 Å². The number of halogens is 1. The minimum absolute atomic E-state index is 0. The molecule has 0 N–H and O–H groups in total. The van der Waals surface area contributed by atoms with Gasteiger partial charge in [0.1, 0.15) is 0 Å². The number of rotatable bonds is 1. The van der Waals surface area contributed by atoms with E-state index in [-0.39, 0.29) is 29.6 Å². The van der Waals surface area contributed by atoms with Crippen LogP contribution >= 0.6 is 11.6 Å². The van der Waals surface area contributed by atoms with Crippen molar-refractivity contribution in [2.24, 2.45) is 0 Å². The topological polar surface area (TPSA) is 17.1 Å². The summed E-state index contributed by atoms with van der Waals surface area (Å²) >= 11 is 5.16. The van der Waals surface area contributed by atoms with Crippen molar-refractivity contribution < 1.29 is 4.79 Å². The van der Waals surface area contributed by atoms with Crippen LogP contribution in [-0.2, 0) is 0 Å². The van der Waals surface area contributed by atoms with Crippen LogP contribution in [0, 0.1) is 0 Å². The molecule has 0 aromatic heterocycles. The number of hydrogen-bond donors (Lipinski definition) is 0. The molecule has 1 radical (unpaired) electrons. The van der Waals surface area contributed by atoms with Gasteiger partial charge >= 0.3 is 0 Å². The SMILES string of the molecule is O=C(Cl)c1ccccc1.[Na]. The molecule has 0 unspecified atom stereocenters. The molecule has 0 saturated heterocycles. The predicted molar refractivity (Wildman–Crippen MR) is 42.4 cm³/mol. The number of carbonyl (C=O) groups is 1. The molecule has 3 heteroatoms. The van der Waals surface area contributed by atoms with Crippen molar-refractivity contribution in [3.63, 3.8) is 0 Å². The molecule has 0 fully saturated rings. The molecular weight excluding hydrogens is 159 g/mol. The maximum absolute atomic E-state index is 10.4. The van der Waals surface area contributed by atoms with Crippen molar-refractivity contribution in [2.75, 3.05) is 0 Å². The second kappa shape index (κ2) is 4.91. The minimum atomic E-state index is -0.407. The Kier molecular flexibility index (Phi) is 5.00. The molecule has 10 heavy (non-hydrogen) atoms. The Morgan fingerprint density at radius 1 is 1.20 bits per heavy atom. The molecule has 0 aliphatic rings. The van der Waals surface area contributed by atoms with E-state index >= 15 is 0 Å². The Balaban J connectivity index is 0.000000810. The van der Waals surface area contributed by atoms with E-state index in [2.05, 4.69) is 0 Å². The minimum Gasteiger partial charge on any atom is -0.276 e. The first-order chi connectivity index (χ1) is 4.30. The zero-order valence-corrected chi connectivity index (χ0v) is 8.43. The summed E-state index contributed by atoms with van der Waals surface area (Å²) in [4.78, 5) is 10.4. The fourth-order valence-corrected chi connectivity index (χ4v) is 0.695. The van der Waals surface area contributed by atoms with Gasteiger partial charge in [-0.1, -0.05) is 30.3 Å². The van der Waals surface area contributed by atoms with Gasteiger partial charge in [-0.05, 0) is 11.6 Å². The van der Waals surface area contributed by atoms with Crippen LogP contribution in [0.4, 0.5) is 0 Å². The first-order valence-electron chi connectivity index (χ1n) is 2.55. The summed E-state index contributed by atoms with van der Waals surface area (Å²) in [5, 5.41) is -0.407. The third-order valence-corrected chi connectivity index (χ3v) is 1.22. The van der Waals surface area contributed by atoms with Gasteiger partial charge in [0.25, 0.3) is 5.24 Å². The van der Waals surface area contributed by atoms with Crippen molar-refractivity contribution >= 4 is 46.4 Å². The van der Waals surface area contributed by atoms with E-state index < -0.39 is 5.24 Å². The molecule has 0 aliphatic heterocycles. The van der Waals surface area contributed by atoms with Crippen molar-refractivity contribution in [1.82, 2.24) is 0 Å². The Labute approximate surface area is 86.7 Å². The summed E-state index contributed by atoms with van der Waals surface area (Å²) in [6.45, 7) is 0. The van der Waals surface area contributed by atoms with Gasteiger partial charge in [0.2, 0.25) is 0 Å². The monoisotopic (exact) mass is 163 g/mol. The Morgan fingerprint density at radius 2 is 1.70 bits per heavy atom. The van der Waals surface area contributed by atoms with E-state index in [9.17, 15) is 4.79 Å². The van der Waals surface area contributed by atoms with Crippen LogP contribution in [0.3, 0.4) is 0 Å². The Bertz CT molecular complexity index is 210. The second-order valence-electron chi connectivity index (χ2n) is 1.64. The third-order valence-electron chi connectivity index (χ3n) is 1.00. The molecule has 1 rings (SSSR count). The molecule has 0 spiro atoms. The molecule has 0 atom stereocenters. The Hall–Kier alpha value is 0.180. The van der Waals surface area contributed by atoms with Crippen LogP contribution in [0.15, 0.2) is 30.3 Å². The molecule has 0 bridgehead atoms. The first kappa shape index (κ1) is 10.2. The largest absolute Gasteiger partial charge is 0.276 e. The predicted octanol–water partition coefficient (Wildman–Crippen LogP) is 1.68. The number of hydrogen-bond acceptors (Lipinski definition) is 1. The van der Waals surface area contributed by atoms with E-state index in [1.807, 2.05) is 6.07 Å². The summed E-state index contributed by atoms with van der Waals surface area (Å²) < 4.78 is 0. The van der Waals surface area contributed by atoms with Gasteiger partial charge in [-0.3, -0.25) is 4.79 Å². The quantitative estimate of drug-likeness (QED) is 0.455. The first-order valence-corrected chi connectivity index (χ1v) is 2.93. The van der Waals surface area contributed by atoms with Crippen LogP contribution in [0.2, 0.25) is 0 Å². The molecular formula is C7H5ClNaO. The van der Waals surface area contributed by atoms with E-state index in [1.165, 1.54) is 0 Å². The molecule has 47 valence electrons. The fraction of sp³-hybridized carbons (Fsp3) is 0. The molecule has 0 aliphatic carbocycles. The van der Waals surface area contributed by atoms with Gasteiger partial charge in [-0.15, -0.1) is 0 Å². The molecule has 0 saturated carbocycles. The zero-order valence-electron chi connectivity index (χ0n) is 5.67. The van der Waals surface area contributed by atoms with Gasteiger partial charge in [0.05, 0.1) is 0 Å². The van der Waals surface area contributed by atoms with Gasteiger partial charge in [-0.25, -0.2) is 0 Å². The van der Waals surface area contributed by atoms with Crippen LogP contribution in [0.25, 0.3) is 0 Å². The van der Waals surface area contributed by atoms with Crippen molar-refractivity contribution in [3.8, 4) is 0 Å². The number of carbonyl (C=O) groups excluding carboxylic acids is 1. The zero-order chi connectivity index (χ0) is 6.69. The summed E-state index contributed by atoms with van der Waals surface area (Å²) in [5.41, 5.74) is 0.541. The molecule has 0 heterocycles. The van der Waals surface area contributed by atoms with Crippen molar-refractivity contribution in [2.45, 2.75) is 0 Å².